The van der Waals surface area contributed by atoms with Crippen LogP contribution in [0, 0.1) is 11.8 Å². The van der Waals surface area contributed by atoms with Crippen LogP contribution >= 0.6 is 11.3 Å². The fraction of sp³-hybridized carbons (Fsp3) is 0.750. The van der Waals surface area contributed by atoms with E-state index in [1.54, 1.807) is 11.3 Å². The summed E-state index contributed by atoms with van der Waals surface area (Å²) in [6, 6.07) is 0. The van der Waals surface area contributed by atoms with Gasteiger partial charge in [-0.1, -0.05) is 27.2 Å². The summed E-state index contributed by atoms with van der Waals surface area (Å²) < 4.78 is 0. The summed E-state index contributed by atoms with van der Waals surface area (Å²) in [4.78, 5) is 4.34. The molecule has 1 unspecified atom stereocenters. The van der Waals surface area contributed by atoms with Gasteiger partial charge in [-0.2, -0.15) is 0 Å². The van der Waals surface area contributed by atoms with Gasteiger partial charge >= 0.3 is 0 Å². The highest BCUT2D eigenvalue weighted by atomic mass is 32.1. The summed E-state index contributed by atoms with van der Waals surface area (Å²) in [5, 5.41) is 5.68. The first kappa shape index (κ1) is 12.7. The molecule has 86 valence electrons. The van der Waals surface area contributed by atoms with Crippen LogP contribution in [0.5, 0.6) is 0 Å². The molecule has 1 aromatic rings. The van der Waals surface area contributed by atoms with Crippen LogP contribution in [-0.2, 0) is 6.42 Å². The van der Waals surface area contributed by atoms with Gasteiger partial charge in [0.2, 0.25) is 0 Å². The second-order valence-electron chi connectivity index (χ2n) is 4.51. The average molecular weight is 226 g/mol. The van der Waals surface area contributed by atoms with E-state index in [1.807, 2.05) is 5.51 Å². The summed E-state index contributed by atoms with van der Waals surface area (Å²) in [6.45, 7) is 8.98. The minimum Gasteiger partial charge on any atom is -0.316 e. The highest BCUT2D eigenvalue weighted by Crippen LogP contribution is 2.11. The molecule has 0 radical (unpaired) electrons. The van der Waals surface area contributed by atoms with Crippen LogP contribution in [-0.4, -0.2) is 18.1 Å². The molecular formula is C12H22N2S. The maximum Gasteiger partial charge on any atom is 0.0794 e. The van der Waals surface area contributed by atoms with E-state index in [9.17, 15) is 0 Å². The van der Waals surface area contributed by atoms with Crippen LogP contribution in [0.2, 0.25) is 0 Å². The molecule has 2 nitrogen and oxygen atoms in total. The van der Waals surface area contributed by atoms with E-state index >= 15 is 0 Å². The minimum absolute atomic E-state index is 0.728. The van der Waals surface area contributed by atoms with Crippen LogP contribution in [0.4, 0.5) is 0 Å². The Bertz CT molecular complexity index is 244. The van der Waals surface area contributed by atoms with Crippen LogP contribution in [0.1, 0.15) is 32.9 Å². The number of nitrogens with zero attached hydrogens (tertiary/aromatic N) is 1. The molecule has 0 fully saturated rings. The van der Waals surface area contributed by atoms with Crippen LogP contribution < -0.4 is 5.32 Å². The van der Waals surface area contributed by atoms with Crippen molar-refractivity contribution >= 4 is 11.3 Å². The van der Waals surface area contributed by atoms with Gasteiger partial charge < -0.3 is 5.32 Å². The Kier molecular flexibility index (Phi) is 5.88. The zero-order valence-corrected chi connectivity index (χ0v) is 10.8. The van der Waals surface area contributed by atoms with Gasteiger partial charge in [-0.25, -0.2) is 4.98 Å². The molecule has 15 heavy (non-hydrogen) atoms. The second kappa shape index (κ2) is 6.96. The standard InChI is InChI=1S/C12H22N2S/c1-4-11(7-13-6-10(2)3)5-12-8-15-9-14-12/h8-11,13H,4-7H2,1-3H3. The molecule has 0 saturated heterocycles. The Balaban J connectivity index is 2.24. The summed E-state index contributed by atoms with van der Waals surface area (Å²) >= 11 is 1.69. The Morgan fingerprint density at radius 3 is 2.73 bits per heavy atom. The van der Waals surface area contributed by atoms with E-state index in [0.717, 1.165) is 31.3 Å². The Hall–Kier alpha value is -0.410. The Morgan fingerprint density at radius 2 is 2.20 bits per heavy atom. The van der Waals surface area contributed by atoms with E-state index < -0.39 is 0 Å². The molecule has 0 aromatic carbocycles. The van der Waals surface area contributed by atoms with Crippen molar-refractivity contribution in [1.29, 1.82) is 0 Å². The van der Waals surface area contributed by atoms with Crippen LogP contribution in [0.3, 0.4) is 0 Å². The van der Waals surface area contributed by atoms with Gasteiger partial charge in [0.1, 0.15) is 0 Å². The van der Waals surface area contributed by atoms with Crippen molar-refractivity contribution in [2.45, 2.75) is 33.6 Å². The molecule has 0 spiro atoms. The van der Waals surface area contributed by atoms with E-state index in [0.29, 0.717) is 0 Å². The molecule has 1 rings (SSSR count). The van der Waals surface area contributed by atoms with Crippen molar-refractivity contribution < 1.29 is 0 Å². The van der Waals surface area contributed by atoms with Crippen molar-refractivity contribution in [3.8, 4) is 0 Å². The van der Waals surface area contributed by atoms with Crippen LogP contribution in [0.15, 0.2) is 10.9 Å². The molecule has 1 atom stereocenters. The van der Waals surface area contributed by atoms with Gasteiger partial charge in [-0.3, -0.25) is 0 Å². The predicted molar refractivity (Wildman–Crippen MR) is 67.3 cm³/mol. The fourth-order valence-electron chi connectivity index (χ4n) is 1.57. The number of hydrogen-bond donors (Lipinski definition) is 1. The highest BCUT2D eigenvalue weighted by Gasteiger charge is 2.08. The largest absolute Gasteiger partial charge is 0.316 e. The smallest absolute Gasteiger partial charge is 0.0794 e. The molecule has 0 saturated carbocycles. The molecular weight excluding hydrogens is 204 g/mol. The zero-order chi connectivity index (χ0) is 11.1. The lowest BCUT2D eigenvalue weighted by atomic mass is 10.0. The SMILES string of the molecule is CCC(CNCC(C)C)Cc1cscn1. The number of nitrogens with one attached hydrogen (secondary N) is 1. The van der Waals surface area contributed by atoms with Crippen molar-refractivity contribution in [2.75, 3.05) is 13.1 Å². The van der Waals surface area contributed by atoms with Crippen molar-refractivity contribution in [1.82, 2.24) is 10.3 Å². The molecule has 1 heterocycles. The lowest BCUT2D eigenvalue weighted by molar-refractivity contribution is 0.435. The predicted octanol–water partition coefficient (Wildman–Crippen LogP) is 2.96. The van der Waals surface area contributed by atoms with Gasteiger partial charge in [0, 0.05) is 5.38 Å². The van der Waals surface area contributed by atoms with Gasteiger partial charge in [0.15, 0.2) is 0 Å². The number of rotatable bonds is 7. The first-order chi connectivity index (χ1) is 7.22. The van der Waals surface area contributed by atoms with Crippen molar-refractivity contribution in [2.24, 2.45) is 11.8 Å². The molecule has 0 aliphatic heterocycles. The average Bonchev–Trinajstić information content (AvgIpc) is 2.68. The topological polar surface area (TPSA) is 24.9 Å². The van der Waals surface area contributed by atoms with E-state index in [1.165, 1.54) is 12.1 Å². The maximum atomic E-state index is 4.34. The van der Waals surface area contributed by atoms with Gasteiger partial charge in [-0.15, -0.1) is 11.3 Å². The summed E-state index contributed by atoms with van der Waals surface area (Å²) in [6.07, 6.45) is 2.34. The second-order valence-corrected chi connectivity index (χ2v) is 5.23. The quantitative estimate of drug-likeness (QED) is 0.773. The monoisotopic (exact) mass is 226 g/mol. The molecule has 0 amide bonds. The van der Waals surface area contributed by atoms with Gasteiger partial charge in [0.05, 0.1) is 11.2 Å². The Morgan fingerprint density at radius 1 is 1.40 bits per heavy atom. The van der Waals surface area contributed by atoms with Gasteiger partial charge in [0.25, 0.3) is 0 Å². The van der Waals surface area contributed by atoms with E-state index in [-0.39, 0.29) is 0 Å². The summed E-state index contributed by atoms with van der Waals surface area (Å²) in [7, 11) is 0. The Labute approximate surface area is 97.1 Å². The third kappa shape index (κ3) is 5.28. The molecule has 1 N–H and O–H groups in total. The number of aromatic nitrogens is 1. The van der Waals surface area contributed by atoms with Gasteiger partial charge in [-0.05, 0) is 31.3 Å². The zero-order valence-electron chi connectivity index (χ0n) is 9.99. The highest BCUT2D eigenvalue weighted by molar-refractivity contribution is 7.07. The normalized spacial score (nSPS) is 13.3. The van der Waals surface area contributed by atoms with Crippen LogP contribution in [0.25, 0.3) is 0 Å². The van der Waals surface area contributed by atoms with E-state index in [4.69, 9.17) is 0 Å². The van der Waals surface area contributed by atoms with Crippen molar-refractivity contribution in [3.05, 3.63) is 16.6 Å². The minimum atomic E-state index is 0.728. The molecule has 0 bridgehead atoms. The lowest BCUT2D eigenvalue weighted by Gasteiger charge is -2.15. The maximum absolute atomic E-state index is 4.34. The molecule has 0 aliphatic carbocycles. The third-order valence-electron chi connectivity index (χ3n) is 2.54. The first-order valence-electron chi connectivity index (χ1n) is 5.80. The number of thiazole rings is 1. The van der Waals surface area contributed by atoms with Crippen molar-refractivity contribution in [3.63, 3.8) is 0 Å². The lowest BCUT2D eigenvalue weighted by Crippen LogP contribution is -2.27. The third-order valence-corrected chi connectivity index (χ3v) is 3.18. The van der Waals surface area contributed by atoms with E-state index in [2.05, 4.69) is 36.5 Å². The fourth-order valence-corrected chi connectivity index (χ4v) is 2.14. The molecule has 3 heteroatoms. The molecule has 0 aliphatic rings. The number of hydrogen-bond acceptors (Lipinski definition) is 3. The summed E-state index contributed by atoms with van der Waals surface area (Å²) in [5.74, 6) is 1.47. The summed E-state index contributed by atoms with van der Waals surface area (Å²) in [5.41, 5.74) is 3.17. The first-order valence-corrected chi connectivity index (χ1v) is 6.74. The molecule has 1 aromatic heterocycles.